The van der Waals surface area contributed by atoms with Gasteiger partial charge in [0.25, 0.3) is 5.91 Å². The van der Waals surface area contributed by atoms with Crippen LogP contribution in [-0.4, -0.2) is 13.0 Å². The van der Waals surface area contributed by atoms with Crippen molar-refractivity contribution in [3.05, 3.63) is 58.6 Å². The Labute approximate surface area is 128 Å². The van der Waals surface area contributed by atoms with Gasteiger partial charge in [-0.15, -0.1) is 12.6 Å². The number of carbonyl (C=O) groups excluding carboxylic acids is 1. The van der Waals surface area contributed by atoms with E-state index in [-0.39, 0.29) is 5.91 Å². The molecule has 5 heteroatoms. The van der Waals surface area contributed by atoms with E-state index in [4.69, 9.17) is 16.3 Å². The average Bonchev–Trinajstić information content (AvgIpc) is 2.47. The summed E-state index contributed by atoms with van der Waals surface area (Å²) in [6, 6.07) is 12.5. The first-order valence-electron chi connectivity index (χ1n) is 6.00. The number of hydrogen-bond acceptors (Lipinski definition) is 3. The molecule has 2 aromatic carbocycles. The summed E-state index contributed by atoms with van der Waals surface area (Å²) < 4.78 is 5.08. The van der Waals surface area contributed by atoms with Gasteiger partial charge in [0.2, 0.25) is 0 Å². The van der Waals surface area contributed by atoms with E-state index in [1.165, 1.54) is 0 Å². The summed E-state index contributed by atoms with van der Waals surface area (Å²) in [7, 11) is 1.61. The standard InChI is InChI=1S/C15H14ClNO2S/c1-19-11-4-2-10(3-5-11)9-17-15(18)13-8-12(20)6-7-14(13)16/h2-8,20H,9H2,1H3,(H,17,18). The first kappa shape index (κ1) is 14.8. The van der Waals surface area contributed by atoms with Crippen LogP contribution in [0.15, 0.2) is 47.4 Å². The van der Waals surface area contributed by atoms with Crippen LogP contribution in [0, 0.1) is 0 Å². The smallest absolute Gasteiger partial charge is 0.253 e. The molecule has 0 saturated carbocycles. The third kappa shape index (κ3) is 3.68. The molecule has 0 aromatic heterocycles. The Hall–Kier alpha value is -1.65. The van der Waals surface area contributed by atoms with Crippen molar-refractivity contribution in [3.8, 4) is 5.75 Å². The predicted octanol–water partition coefficient (Wildman–Crippen LogP) is 3.57. The second kappa shape index (κ2) is 6.68. The van der Waals surface area contributed by atoms with Gasteiger partial charge >= 0.3 is 0 Å². The van der Waals surface area contributed by atoms with Crippen LogP contribution in [0.25, 0.3) is 0 Å². The number of ether oxygens (including phenoxy) is 1. The number of benzene rings is 2. The first-order valence-corrected chi connectivity index (χ1v) is 6.82. The lowest BCUT2D eigenvalue weighted by atomic mass is 10.2. The lowest BCUT2D eigenvalue weighted by Crippen LogP contribution is -2.23. The first-order chi connectivity index (χ1) is 9.60. The van der Waals surface area contributed by atoms with Crippen LogP contribution >= 0.6 is 24.2 Å². The fourth-order valence-corrected chi connectivity index (χ4v) is 2.12. The molecule has 1 N–H and O–H groups in total. The Morgan fingerprint density at radius 2 is 1.95 bits per heavy atom. The zero-order valence-electron chi connectivity index (χ0n) is 10.9. The maximum absolute atomic E-state index is 12.1. The highest BCUT2D eigenvalue weighted by Gasteiger charge is 2.10. The molecule has 2 rings (SSSR count). The van der Waals surface area contributed by atoms with Gasteiger partial charge in [-0.05, 0) is 35.9 Å². The van der Waals surface area contributed by atoms with Gasteiger partial charge in [0.1, 0.15) is 5.75 Å². The van der Waals surface area contributed by atoms with Crippen LogP contribution < -0.4 is 10.1 Å². The van der Waals surface area contributed by atoms with Gasteiger partial charge in [0.15, 0.2) is 0 Å². The van der Waals surface area contributed by atoms with Crippen LogP contribution in [0.4, 0.5) is 0 Å². The minimum absolute atomic E-state index is 0.221. The number of amides is 1. The molecule has 0 saturated heterocycles. The van der Waals surface area contributed by atoms with Gasteiger partial charge in [-0.2, -0.15) is 0 Å². The molecule has 0 fully saturated rings. The lowest BCUT2D eigenvalue weighted by molar-refractivity contribution is 0.0951. The maximum Gasteiger partial charge on any atom is 0.253 e. The number of methoxy groups -OCH3 is 1. The van der Waals surface area contributed by atoms with E-state index < -0.39 is 0 Å². The van der Waals surface area contributed by atoms with Crippen molar-refractivity contribution in [1.82, 2.24) is 5.32 Å². The van der Waals surface area contributed by atoms with Crippen LogP contribution in [0.2, 0.25) is 5.02 Å². The number of thiol groups is 1. The van der Waals surface area contributed by atoms with Gasteiger partial charge in [-0.1, -0.05) is 23.7 Å². The van der Waals surface area contributed by atoms with E-state index >= 15 is 0 Å². The van der Waals surface area contributed by atoms with Gasteiger partial charge in [0.05, 0.1) is 17.7 Å². The molecule has 2 aromatic rings. The highest BCUT2D eigenvalue weighted by molar-refractivity contribution is 7.80. The Balaban J connectivity index is 2.02. The fourth-order valence-electron chi connectivity index (χ4n) is 1.71. The molecule has 0 aliphatic carbocycles. The zero-order chi connectivity index (χ0) is 14.5. The second-order valence-corrected chi connectivity index (χ2v) is 5.12. The van der Waals surface area contributed by atoms with Crippen molar-refractivity contribution in [2.45, 2.75) is 11.4 Å². The van der Waals surface area contributed by atoms with E-state index in [0.29, 0.717) is 22.0 Å². The zero-order valence-corrected chi connectivity index (χ0v) is 12.5. The summed E-state index contributed by atoms with van der Waals surface area (Å²) >= 11 is 10.2. The van der Waals surface area contributed by atoms with Crippen LogP contribution in [0.1, 0.15) is 15.9 Å². The summed E-state index contributed by atoms with van der Waals surface area (Å²) in [6.07, 6.45) is 0. The Kier molecular flexibility index (Phi) is 4.93. The predicted molar refractivity (Wildman–Crippen MR) is 82.9 cm³/mol. The van der Waals surface area contributed by atoms with Crippen molar-refractivity contribution >= 4 is 30.1 Å². The molecule has 0 unspecified atom stereocenters. The monoisotopic (exact) mass is 307 g/mol. The molecule has 0 bridgehead atoms. The third-order valence-electron chi connectivity index (χ3n) is 2.81. The molecule has 20 heavy (non-hydrogen) atoms. The molecule has 104 valence electrons. The van der Waals surface area contributed by atoms with E-state index in [1.54, 1.807) is 25.3 Å². The summed E-state index contributed by atoms with van der Waals surface area (Å²) in [6.45, 7) is 0.427. The molecule has 1 amide bonds. The summed E-state index contributed by atoms with van der Waals surface area (Å²) in [4.78, 5) is 12.8. The van der Waals surface area contributed by atoms with Crippen molar-refractivity contribution in [1.29, 1.82) is 0 Å². The number of nitrogens with one attached hydrogen (secondary N) is 1. The molecule has 0 aliphatic rings. The normalized spacial score (nSPS) is 10.2. The van der Waals surface area contributed by atoms with Gasteiger partial charge in [0, 0.05) is 11.4 Å². The van der Waals surface area contributed by atoms with Crippen LogP contribution in [0.5, 0.6) is 5.75 Å². The maximum atomic E-state index is 12.1. The molecule has 3 nitrogen and oxygen atoms in total. The van der Waals surface area contributed by atoms with Crippen molar-refractivity contribution < 1.29 is 9.53 Å². The Bertz CT molecular complexity index is 614. The summed E-state index contributed by atoms with van der Waals surface area (Å²) in [5.41, 5.74) is 1.41. The van der Waals surface area contributed by atoms with Crippen molar-refractivity contribution in [2.24, 2.45) is 0 Å². The topological polar surface area (TPSA) is 38.3 Å². The SMILES string of the molecule is COc1ccc(CNC(=O)c2cc(S)ccc2Cl)cc1. The largest absolute Gasteiger partial charge is 0.497 e. The Morgan fingerprint density at radius 3 is 2.60 bits per heavy atom. The minimum Gasteiger partial charge on any atom is -0.497 e. The van der Waals surface area contributed by atoms with E-state index in [0.717, 1.165) is 11.3 Å². The summed E-state index contributed by atoms with van der Waals surface area (Å²) in [5, 5.41) is 3.23. The molecule has 0 heterocycles. The lowest BCUT2D eigenvalue weighted by Gasteiger charge is -2.08. The molecule has 0 radical (unpaired) electrons. The van der Waals surface area contributed by atoms with Crippen LogP contribution in [-0.2, 0) is 6.54 Å². The highest BCUT2D eigenvalue weighted by Crippen LogP contribution is 2.19. The van der Waals surface area contributed by atoms with E-state index in [2.05, 4.69) is 17.9 Å². The van der Waals surface area contributed by atoms with Gasteiger partial charge < -0.3 is 10.1 Å². The Morgan fingerprint density at radius 1 is 1.25 bits per heavy atom. The molecule has 0 spiro atoms. The molecular formula is C15H14ClNO2S. The number of rotatable bonds is 4. The van der Waals surface area contributed by atoms with Crippen molar-refractivity contribution in [2.75, 3.05) is 7.11 Å². The number of hydrogen-bond donors (Lipinski definition) is 2. The van der Waals surface area contributed by atoms with Crippen LogP contribution in [0.3, 0.4) is 0 Å². The van der Waals surface area contributed by atoms with E-state index in [9.17, 15) is 4.79 Å². The highest BCUT2D eigenvalue weighted by atomic mass is 35.5. The van der Waals surface area contributed by atoms with Crippen molar-refractivity contribution in [3.63, 3.8) is 0 Å². The quantitative estimate of drug-likeness (QED) is 0.848. The average molecular weight is 308 g/mol. The molecule has 0 aliphatic heterocycles. The van der Waals surface area contributed by atoms with Gasteiger partial charge in [-0.3, -0.25) is 4.79 Å². The third-order valence-corrected chi connectivity index (χ3v) is 3.41. The van der Waals surface area contributed by atoms with Gasteiger partial charge in [-0.25, -0.2) is 0 Å². The minimum atomic E-state index is -0.221. The van der Waals surface area contributed by atoms with E-state index in [1.807, 2.05) is 24.3 Å². The number of halogens is 1. The number of carbonyl (C=O) groups is 1. The fraction of sp³-hybridized carbons (Fsp3) is 0.133. The summed E-state index contributed by atoms with van der Waals surface area (Å²) in [5.74, 6) is 0.563. The second-order valence-electron chi connectivity index (χ2n) is 4.19. The molecule has 0 atom stereocenters. The molecular weight excluding hydrogens is 294 g/mol.